The van der Waals surface area contributed by atoms with Gasteiger partial charge < -0.3 is 4.90 Å². The van der Waals surface area contributed by atoms with Crippen LogP contribution in [0.5, 0.6) is 0 Å². The lowest BCUT2D eigenvalue weighted by atomic mass is 10.0. The van der Waals surface area contributed by atoms with Gasteiger partial charge in [0, 0.05) is 22.8 Å². The highest BCUT2D eigenvalue weighted by Gasteiger charge is 2.34. The molecule has 0 bridgehead atoms. The van der Waals surface area contributed by atoms with Gasteiger partial charge in [-0.1, -0.05) is 78.3 Å². The van der Waals surface area contributed by atoms with Gasteiger partial charge in [-0.2, -0.15) is 0 Å². The summed E-state index contributed by atoms with van der Waals surface area (Å²) in [5.74, 6) is 1.00. The maximum absolute atomic E-state index is 6.24. The van der Waals surface area contributed by atoms with E-state index in [2.05, 4.69) is 94.4 Å². The fraction of sp³-hybridized carbons (Fsp3) is 0.0741. The Morgan fingerprint density at radius 1 is 0.742 bits per heavy atom. The minimum absolute atomic E-state index is 0.0326. The second-order valence-corrected chi connectivity index (χ2v) is 8.29. The molecule has 1 aromatic heterocycles. The molecule has 0 spiro atoms. The number of fused-ring (bicyclic) bond motifs is 5. The molecule has 31 heavy (non-hydrogen) atoms. The number of halogens is 1. The Labute approximate surface area is 186 Å². The molecule has 1 aliphatic heterocycles. The highest BCUT2D eigenvalue weighted by molar-refractivity contribution is 6.30. The number of benzene rings is 4. The molecule has 3 nitrogen and oxygen atoms in total. The van der Waals surface area contributed by atoms with Crippen molar-refractivity contribution in [2.24, 2.45) is 0 Å². The number of anilines is 1. The summed E-state index contributed by atoms with van der Waals surface area (Å²) in [4.78, 5) is 7.51. The minimum Gasteiger partial charge on any atom is -0.342 e. The topological polar surface area (TPSA) is 21.1 Å². The number of nitrogens with zero attached hydrogens (tertiary/aromatic N) is 3. The van der Waals surface area contributed by atoms with Crippen molar-refractivity contribution >= 4 is 28.3 Å². The Balaban J connectivity index is 1.64. The lowest BCUT2D eigenvalue weighted by Gasteiger charge is -2.40. The third kappa shape index (κ3) is 3.01. The van der Waals surface area contributed by atoms with E-state index < -0.39 is 0 Å². The van der Waals surface area contributed by atoms with E-state index in [1.165, 1.54) is 16.8 Å². The van der Waals surface area contributed by atoms with E-state index in [9.17, 15) is 0 Å². The molecule has 0 amide bonds. The van der Waals surface area contributed by atoms with Gasteiger partial charge in [0.15, 0.2) is 0 Å². The molecular formula is C27H20ClN3. The Bertz CT molecular complexity index is 1370. The standard InChI is InChI=1S/C27H20ClN3/c28-21-16-14-20(15-17-21)27-30(18-19-8-2-1-3-9-19)24-12-6-4-10-22(24)26-29-23-11-5-7-13-25(23)31(26)27/h1-17,27H,18H2. The number of hydrogen-bond acceptors (Lipinski definition) is 2. The van der Waals surface area contributed by atoms with Crippen LogP contribution in [0.1, 0.15) is 17.3 Å². The van der Waals surface area contributed by atoms with Crippen LogP contribution in [0.3, 0.4) is 0 Å². The van der Waals surface area contributed by atoms with E-state index in [0.717, 1.165) is 34.0 Å². The zero-order valence-electron chi connectivity index (χ0n) is 16.8. The van der Waals surface area contributed by atoms with E-state index in [-0.39, 0.29) is 6.17 Å². The van der Waals surface area contributed by atoms with Gasteiger partial charge in [0.25, 0.3) is 0 Å². The maximum atomic E-state index is 6.24. The van der Waals surface area contributed by atoms with Gasteiger partial charge in [0.1, 0.15) is 12.0 Å². The first kappa shape index (κ1) is 18.2. The fourth-order valence-electron chi connectivity index (χ4n) is 4.58. The van der Waals surface area contributed by atoms with Gasteiger partial charge in [-0.15, -0.1) is 0 Å². The second kappa shape index (κ2) is 7.29. The van der Waals surface area contributed by atoms with Crippen molar-refractivity contribution in [1.82, 2.24) is 9.55 Å². The summed E-state index contributed by atoms with van der Waals surface area (Å²) < 4.78 is 2.36. The number of hydrogen-bond donors (Lipinski definition) is 0. The van der Waals surface area contributed by atoms with Crippen LogP contribution in [0.25, 0.3) is 22.4 Å². The average molecular weight is 422 g/mol. The number of aromatic nitrogens is 2. The molecule has 1 aliphatic rings. The van der Waals surface area contributed by atoms with Crippen molar-refractivity contribution in [3.05, 3.63) is 119 Å². The summed E-state index contributed by atoms with van der Waals surface area (Å²) in [6, 6.07) is 35.7. The zero-order valence-corrected chi connectivity index (χ0v) is 17.6. The Kier molecular flexibility index (Phi) is 4.29. The molecule has 1 atom stereocenters. The molecule has 5 aromatic rings. The molecule has 0 radical (unpaired) electrons. The van der Waals surface area contributed by atoms with E-state index in [1.54, 1.807) is 0 Å². The van der Waals surface area contributed by atoms with Gasteiger partial charge in [0.2, 0.25) is 0 Å². The molecule has 0 aliphatic carbocycles. The molecule has 0 fully saturated rings. The average Bonchev–Trinajstić information content (AvgIpc) is 3.20. The smallest absolute Gasteiger partial charge is 0.145 e. The van der Waals surface area contributed by atoms with Crippen molar-refractivity contribution in [1.29, 1.82) is 0 Å². The summed E-state index contributed by atoms with van der Waals surface area (Å²) >= 11 is 6.24. The first-order chi connectivity index (χ1) is 15.3. The minimum atomic E-state index is -0.0326. The predicted octanol–water partition coefficient (Wildman–Crippen LogP) is 6.92. The Morgan fingerprint density at radius 3 is 2.29 bits per heavy atom. The molecular weight excluding hydrogens is 402 g/mol. The molecule has 2 heterocycles. The SMILES string of the molecule is Clc1ccc(C2N(Cc3ccccc3)c3ccccc3-c3nc4ccccc4n32)cc1. The van der Waals surface area contributed by atoms with Crippen molar-refractivity contribution in [3.63, 3.8) is 0 Å². The number of para-hydroxylation sites is 3. The van der Waals surface area contributed by atoms with E-state index in [1.807, 2.05) is 18.2 Å². The zero-order chi connectivity index (χ0) is 20.8. The van der Waals surface area contributed by atoms with Crippen molar-refractivity contribution in [2.45, 2.75) is 12.7 Å². The van der Waals surface area contributed by atoms with Crippen LogP contribution < -0.4 is 4.90 Å². The lowest BCUT2D eigenvalue weighted by Crippen LogP contribution is -2.36. The summed E-state index contributed by atoms with van der Waals surface area (Å²) in [6.07, 6.45) is -0.0326. The van der Waals surface area contributed by atoms with Crippen LogP contribution in [-0.2, 0) is 6.54 Å². The van der Waals surface area contributed by atoms with Crippen molar-refractivity contribution in [3.8, 4) is 11.4 Å². The summed E-state index contributed by atoms with van der Waals surface area (Å²) in [5, 5.41) is 0.741. The molecule has 1 unspecified atom stereocenters. The maximum Gasteiger partial charge on any atom is 0.145 e. The van der Waals surface area contributed by atoms with Crippen LogP contribution in [0.15, 0.2) is 103 Å². The van der Waals surface area contributed by atoms with E-state index in [4.69, 9.17) is 16.6 Å². The largest absolute Gasteiger partial charge is 0.342 e. The Morgan fingerprint density at radius 2 is 1.45 bits per heavy atom. The summed E-state index contributed by atoms with van der Waals surface area (Å²) in [7, 11) is 0. The molecule has 150 valence electrons. The molecule has 0 saturated heterocycles. The van der Waals surface area contributed by atoms with E-state index in [0.29, 0.717) is 0 Å². The second-order valence-electron chi connectivity index (χ2n) is 7.85. The van der Waals surface area contributed by atoms with Gasteiger partial charge in [0.05, 0.1) is 11.0 Å². The predicted molar refractivity (Wildman–Crippen MR) is 127 cm³/mol. The van der Waals surface area contributed by atoms with Crippen molar-refractivity contribution < 1.29 is 0 Å². The molecule has 4 heteroatoms. The summed E-state index contributed by atoms with van der Waals surface area (Å²) in [6.45, 7) is 0.789. The van der Waals surface area contributed by atoms with Gasteiger partial charge >= 0.3 is 0 Å². The highest BCUT2D eigenvalue weighted by atomic mass is 35.5. The normalized spacial score (nSPS) is 15.0. The Hall–Kier alpha value is -3.56. The third-order valence-corrected chi connectivity index (χ3v) is 6.21. The van der Waals surface area contributed by atoms with Crippen LogP contribution >= 0.6 is 11.6 Å². The van der Waals surface area contributed by atoms with E-state index >= 15 is 0 Å². The number of imidazole rings is 1. The lowest BCUT2D eigenvalue weighted by molar-refractivity contribution is 0.543. The van der Waals surface area contributed by atoms with Gasteiger partial charge in [-0.25, -0.2) is 4.98 Å². The van der Waals surface area contributed by atoms with Crippen LogP contribution in [-0.4, -0.2) is 9.55 Å². The fourth-order valence-corrected chi connectivity index (χ4v) is 4.71. The van der Waals surface area contributed by atoms with Crippen LogP contribution in [0.4, 0.5) is 5.69 Å². The van der Waals surface area contributed by atoms with Crippen LogP contribution in [0.2, 0.25) is 5.02 Å². The summed E-state index contributed by atoms with van der Waals surface area (Å²) in [5.41, 5.74) is 6.93. The first-order valence-electron chi connectivity index (χ1n) is 10.4. The quantitative estimate of drug-likeness (QED) is 0.315. The monoisotopic (exact) mass is 421 g/mol. The first-order valence-corrected chi connectivity index (χ1v) is 10.8. The highest BCUT2D eigenvalue weighted by Crippen LogP contribution is 2.45. The van der Waals surface area contributed by atoms with Gasteiger partial charge in [-0.3, -0.25) is 4.57 Å². The molecule has 0 saturated carbocycles. The molecule has 6 rings (SSSR count). The van der Waals surface area contributed by atoms with Gasteiger partial charge in [-0.05, 0) is 47.5 Å². The molecule has 4 aromatic carbocycles. The third-order valence-electron chi connectivity index (χ3n) is 5.95. The number of rotatable bonds is 3. The van der Waals surface area contributed by atoms with Crippen molar-refractivity contribution in [2.75, 3.05) is 4.90 Å². The van der Waals surface area contributed by atoms with Crippen LogP contribution in [0, 0.1) is 0 Å². The molecule has 0 N–H and O–H groups in total.